The summed E-state index contributed by atoms with van der Waals surface area (Å²) in [5.41, 5.74) is 0. The summed E-state index contributed by atoms with van der Waals surface area (Å²) in [5, 5.41) is 3.70. The third-order valence-electron chi connectivity index (χ3n) is 4.48. The van der Waals surface area contributed by atoms with Gasteiger partial charge in [0.2, 0.25) is 5.88 Å². The molecule has 2 bridgehead atoms. The normalized spacial score (nSPS) is 27.9. The van der Waals surface area contributed by atoms with E-state index >= 15 is 0 Å². The topological polar surface area (TPSA) is 50.3 Å². The summed E-state index contributed by atoms with van der Waals surface area (Å²) in [7, 11) is 0. The molecule has 1 aromatic heterocycles. The van der Waals surface area contributed by atoms with Gasteiger partial charge in [-0.2, -0.15) is 4.98 Å². The van der Waals surface area contributed by atoms with Crippen LogP contribution < -0.4 is 15.0 Å². The maximum Gasteiger partial charge on any atom is 0.234 e. The van der Waals surface area contributed by atoms with Gasteiger partial charge in [-0.3, -0.25) is 4.98 Å². The van der Waals surface area contributed by atoms with Crippen LogP contribution in [0.3, 0.4) is 0 Å². The van der Waals surface area contributed by atoms with Crippen LogP contribution in [0.15, 0.2) is 12.4 Å². The van der Waals surface area contributed by atoms with Gasteiger partial charge in [0.1, 0.15) is 0 Å². The van der Waals surface area contributed by atoms with Crippen molar-refractivity contribution >= 4 is 5.82 Å². The number of fused-ring (bicyclic) bond motifs is 2. The highest BCUT2D eigenvalue weighted by Gasteiger charge is 2.36. The zero-order valence-corrected chi connectivity index (χ0v) is 13.2. The van der Waals surface area contributed by atoms with Crippen molar-refractivity contribution in [3.05, 3.63) is 12.4 Å². The smallest absolute Gasteiger partial charge is 0.234 e. The molecule has 116 valence electrons. The minimum atomic E-state index is 0.124. The van der Waals surface area contributed by atoms with Crippen molar-refractivity contribution in [1.29, 1.82) is 0 Å². The Balaban J connectivity index is 1.76. The lowest BCUT2D eigenvalue weighted by atomic mass is 9.98. The molecule has 0 saturated carbocycles. The predicted molar refractivity (Wildman–Crippen MR) is 83.8 cm³/mol. The number of hydrogen-bond donors (Lipinski definition) is 1. The number of ether oxygens (including phenoxy) is 1. The molecule has 1 N–H and O–H groups in total. The average Bonchev–Trinajstić information content (AvgIpc) is 2.78. The summed E-state index contributed by atoms with van der Waals surface area (Å²) < 4.78 is 5.68. The summed E-state index contributed by atoms with van der Waals surface area (Å²) in [6.07, 6.45) is 8.74. The van der Waals surface area contributed by atoms with E-state index in [1.807, 2.05) is 20.0 Å². The fourth-order valence-electron chi connectivity index (χ4n) is 3.66. The second-order valence-electron chi connectivity index (χ2n) is 6.43. The highest BCUT2D eigenvalue weighted by atomic mass is 16.5. The third-order valence-corrected chi connectivity index (χ3v) is 4.48. The van der Waals surface area contributed by atoms with Gasteiger partial charge in [-0.25, -0.2) is 0 Å². The number of hydrogen-bond acceptors (Lipinski definition) is 5. The lowest BCUT2D eigenvalue weighted by Gasteiger charge is -2.37. The van der Waals surface area contributed by atoms with E-state index in [4.69, 9.17) is 4.74 Å². The van der Waals surface area contributed by atoms with Gasteiger partial charge in [0, 0.05) is 24.7 Å². The van der Waals surface area contributed by atoms with Crippen molar-refractivity contribution in [2.75, 3.05) is 11.4 Å². The van der Waals surface area contributed by atoms with Gasteiger partial charge in [-0.1, -0.05) is 0 Å². The molecule has 0 aliphatic carbocycles. The van der Waals surface area contributed by atoms with E-state index in [1.54, 1.807) is 6.20 Å². The zero-order valence-electron chi connectivity index (χ0n) is 13.2. The molecule has 2 atom stereocenters. The van der Waals surface area contributed by atoms with Gasteiger partial charge in [0.05, 0.1) is 18.5 Å². The van der Waals surface area contributed by atoms with Crippen molar-refractivity contribution in [3.8, 4) is 5.88 Å². The van der Waals surface area contributed by atoms with Crippen LogP contribution in [0.2, 0.25) is 0 Å². The standard InChI is InChI=1S/C16H26N4O/c1-4-20(14-7-12-5-6-13(8-14)18-12)15-9-17-10-16(19-15)21-11(2)3/h9-14,18H,4-8H2,1-3H3. The van der Waals surface area contributed by atoms with E-state index in [9.17, 15) is 0 Å². The van der Waals surface area contributed by atoms with E-state index in [2.05, 4.69) is 27.1 Å². The van der Waals surface area contributed by atoms with Gasteiger partial charge in [0.25, 0.3) is 0 Å². The molecule has 1 aromatic rings. The molecular formula is C16H26N4O. The quantitative estimate of drug-likeness (QED) is 0.902. The molecule has 3 rings (SSSR count). The van der Waals surface area contributed by atoms with Crippen LogP contribution >= 0.6 is 0 Å². The van der Waals surface area contributed by atoms with Gasteiger partial charge in [-0.05, 0) is 46.5 Å². The molecule has 0 aromatic carbocycles. The van der Waals surface area contributed by atoms with Crippen LogP contribution in [0, 0.1) is 0 Å². The van der Waals surface area contributed by atoms with Gasteiger partial charge >= 0.3 is 0 Å². The number of nitrogens with zero attached hydrogens (tertiary/aromatic N) is 3. The van der Waals surface area contributed by atoms with E-state index < -0.39 is 0 Å². The van der Waals surface area contributed by atoms with Crippen LogP contribution in [-0.2, 0) is 0 Å². The molecule has 0 spiro atoms. The van der Waals surface area contributed by atoms with E-state index in [0.29, 0.717) is 24.0 Å². The molecule has 2 aliphatic rings. The van der Waals surface area contributed by atoms with E-state index in [-0.39, 0.29) is 6.10 Å². The minimum Gasteiger partial charge on any atom is -0.474 e. The number of aromatic nitrogens is 2. The first-order valence-electron chi connectivity index (χ1n) is 8.17. The molecule has 2 aliphatic heterocycles. The van der Waals surface area contributed by atoms with Gasteiger partial charge < -0.3 is 15.0 Å². The van der Waals surface area contributed by atoms with Crippen molar-refractivity contribution in [2.45, 2.75) is 70.7 Å². The number of piperidine rings is 1. The molecule has 2 saturated heterocycles. The predicted octanol–water partition coefficient (Wildman–Crippen LogP) is 2.37. The van der Waals surface area contributed by atoms with Crippen molar-refractivity contribution in [2.24, 2.45) is 0 Å². The Hall–Kier alpha value is -1.36. The molecule has 2 fully saturated rings. The molecule has 5 nitrogen and oxygen atoms in total. The van der Waals surface area contributed by atoms with Gasteiger partial charge in [0.15, 0.2) is 5.82 Å². The number of anilines is 1. The van der Waals surface area contributed by atoms with Crippen LogP contribution in [0.5, 0.6) is 5.88 Å². The zero-order chi connectivity index (χ0) is 14.8. The fraction of sp³-hybridized carbons (Fsp3) is 0.750. The first kappa shape index (κ1) is 14.6. The Morgan fingerprint density at radius 2 is 2.00 bits per heavy atom. The summed E-state index contributed by atoms with van der Waals surface area (Å²) in [6.45, 7) is 7.18. The summed E-state index contributed by atoms with van der Waals surface area (Å²) >= 11 is 0. The van der Waals surface area contributed by atoms with Crippen LogP contribution in [0.25, 0.3) is 0 Å². The number of nitrogens with one attached hydrogen (secondary N) is 1. The lowest BCUT2D eigenvalue weighted by molar-refractivity contribution is 0.231. The Labute approximate surface area is 127 Å². The maximum absolute atomic E-state index is 5.68. The van der Waals surface area contributed by atoms with E-state index in [1.165, 1.54) is 25.7 Å². The van der Waals surface area contributed by atoms with Gasteiger partial charge in [-0.15, -0.1) is 0 Å². The van der Waals surface area contributed by atoms with Crippen molar-refractivity contribution in [3.63, 3.8) is 0 Å². The Morgan fingerprint density at radius 3 is 2.62 bits per heavy atom. The lowest BCUT2D eigenvalue weighted by Crippen LogP contribution is -2.48. The highest BCUT2D eigenvalue weighted by molar-refractivity contribution is 5.39. The summed E-state index contributed by atoms with van der Waals surface area (Å²) in [5.74, 6) is 1.57. The molecule has 0 radical (unpaired) electrons. The molecule has 5 heteroatoms. The second-order valence-corrected chi connectivity index (χ2v) is 6.43. The highest BCUT2D eigenvalue weighted by Crippen LogP contribution is 2.31. The Morgan fingerprint density at radius 1 is 1.29 bits per heavy atom. The van der Waals surface area contributed by atoms with Crippen molar-refractivity contribution in [1.82, 2.24) is 15.3 Å². The monoisotopic (exact) mass is 290 g/mol. The first-order valence-corrected chi connectivity index (χ1v) is 8.17. The Kier molecular flexibility index (Phi) is 4.29. The molecule has 21 heavy (non-hydrogen) atoms. The van der Waals surface area contributed by atoms with Crippen LogP contribution in [0.4, 0.5) is 5.82 Å². The number of rotatable bonds is 5. The molecular weight excluding hydrogens is 264 g/mol. The summed E-state index contributed by atoms with van der Waals surface area (Å²) in [4.78, 5) is 11.4. The Bertz CT molecular complexity index is 467. The van der Waals surface area contributed by atoms with Crippen LogP contribution in [-0.4, -0.2) is 40.7 Å². The second kappa shape index (κ2) is 6.18. The molecule has 0 amide bonds. The largest absolute Gasteiger partial charge is 0.474 e. The minimum absolute atomic E-state index is 0.124. The van der Waals surface area contributed by atoms with Crippen molar-refractivity contribution < 1.29 is 4.74 Å². The average molecular weight is 290 g/mol. The van der Waals surface area contributed by atoms with Crippen LogP contribution in [0.1, 0.15) is 46.5 Å². The molecule has 2 unspecified atom stereocenters. The maximum atomic E-state index is 5.68. The molecule has 3 heterocycles. The fourth-order valence-corrected chi connectivity index (χ4v) is 3.66. The summed E-state index contributed by atoms with van der Waals surface area (Å²) in [6, 6.07) is 1.94. The third kappa shape index (κ3) is 3.28. The van der Waals surface area contributed by atoms with E-state index in [0.717, 1.165) is 12.4 Å². The first-order chi connectivity index (χ1) is 10.2. The SMILES string of the molecule is CCN(c1cncc(OC(C)C)n1)C1CC2CCC(C1)N2.